The highest BCUT2D eigenvalue weighted by Crippen LogP contribution is 2.40. The molecule has 0 aliphatic carbocycles. The molecule has 0 amide bonds. The minimum atomic E-state index is -0.493. The zero-order valence-corrected chi connectivity index (χ0v) is 20.2. The number of anilines is 2. The molecule has 6 rings (SSSR count). The van der Waals surface area contributed by atoms with Crippen molar-refractivity contribution in [2.75, 3.05) is 32.2 Å². The van der Waals surface area contributed by atoms with Crippen molar-refractivity contribution in [3.05, 3.63) is 66.6 Å². The monoisotopic (exact) mass is 500 g/mol. The Kier molecular flexibility index (Phi) is 5.81. The van der Waals surface area contributed by atoms with Crippen LogP contribution in [0.15, 0.2) is 55.2 Å². The standard InChI is InChI=1S/C26H23FN7O3/c1-16-11-20(18(27)13-22(16)37-17-5-6-34-23(12-17)29-15-31-34)32-26-24-19(28-14-30-26)3-4-21(25(24)35-2)33-7-9-36-10-8-33/h3-7,11-15H,8-10H2,1-2H3,(H,28,30,32)/q+1. The molecule has 3 aromatic heterocycles. The predicted molar refractivity (Wildman–Crippen MR) is 135 cm³/mol. The van der Waals surface area contributed by atoms with Crippen molar-refractivity contribution in [2.45, 2.75) is 6.92 Å². The molecule has 5 aromatic rings. The fourth-order valence-electron chi connectivity index (χ4n) is 4.32. The Morgan fingerprint density at radius 1 is 1.11 bits per heavy atom. The van der Waals surface area contributed by atoms with Gasteiger partial charge in [-0.3, -0.25) is 0 Å². The summed E-state index contributed by atoms with van der Waals surface area (Å²) in [6.45, 7) is 3.67. The van der Waals surface area contributed by atoms with Crippen LogP contribution >= 0.6 is 0 Å². The lowest BCUT2D eigenvalue weighted by molar-refractivity contribution is -0.450. The molecule has 4 heterocycles. The maximum Gasteiger partial charge on any atom is 0.248 e. The van der Waals surface area contributed by atoms with Crippen LogP contribution in [0.5, 0.6) is 17.2 Å². The summed E-state index contributed by atoms with van der Waals surface area (Å²) in [5.74, 6) is 1.46. The van der Waals surface area contributed by atoms with E-state index in [-0.39, 0.29) is 5.69 Å². The molecule has 0 unspecified atom stereocenters. The molecule has 0 spiro atoms. The van der Waals surface area contributed by atoms with Gasteiger partial charge in [0.1, 0.15) is 49.0 Å². The normalized spacial score (nSPS) is 13.5. The molecule has 1 aliphatic heterocycles. The average Bonchev–Trinajstić information content (AvgIpc) is 3.39. The predicted octanol–water partition coefficient (Wildman–Crippen LogP) is 4.41. The number of hydrogen-bond donors (Lipinski definition) is 1. The summed E-state index contributed by atoms with van der Waals surface area (Å²) in [5, 5.41) is 7.86. The number of nitrogens with zero attached hydrogens (tertiary/aromatic N) is 6. The van der Waals surface area contributed by atoms with Crippen molar-refractivity contribution in [1.29, 1.82) is 0 Å². The van der Waals surface area contributed by atoms with Gasteiger partial charge in [0.2, 0.25) is 11.4 Å². The number of pyridine rings is 1. The van der Waals surface area contributed by atoms with Crippen LogP contribution in [-0.4, -0.2) is 62.2 Å². The van der Waals surface area contributed by atoms with Crippen LogP contribution in [0.2, 0.25) is 0 Å². The molecule has 37 heavy (non-hydrogen) atoms. The number of halogens is 1. The van der Waals surface area contributed by atoms with Gasteiger partial charge in [-0.05, 0) is 30.7 Å². The number of rotatable bonds is 6. The average molecular weight is 501 g/mol. The molecule has 0 fully saturated rings. The lowest BCUT2D eigenvalue weighted by Gasteiger charge is -2.16. The molecule has 1 N–H and O–H groups in total. The van der Waals surface area contributed by atoms with Crippen LogP contribution in [0.3, 0.4) is 0 Å². The first-order valence-electron chi connectivity index (χ1n) is 11.6. The van der Waals surface area contributed by atoms with Gasteiger partial charge >= 0.3 is 0 Å². The number of aromatic nitrogens is 5. The van der Waals surface area contributed by atoms with Crippen LogP contribution in [0, 0.1) is 12.7 Å². The van der Waals surface area contributed by atoms with Gasteiger partial charge in [0, 0.05) is 24.4 Å². The summed E-state index contributed by atoms with van der Waals surface area (Å²) in [7, 11) is 1.60. The van der Waals surface area contributed by atoms with Crippen molar-refractivity contribution in [1.82, 2.24) is 24.6 Å². The van der Waals surface area contributed by atoms with Crippen LogP contribution < -0.4 is 14.8 Å². The summed E-state index contributed by atoms with van der Waals surface area (Å²) in [5.41, 5.74) is 3.16. The second-order valence-corrected chi connectivity index (χ2v) is 8.44. The highest BCUT2D eigenvalue weighted by Gasteiger charge is 2.24. The van der Waals surface area contributed by atoms with E-state index in [1.54, 1.807) is 36.0 Å². The molecule has 186 valence electrons. The molecule has 0 saturated heterocycles. The SMILES string of the molecule is COc1c([N+]2=CCOCC2)ccc2ncnc(Nc3cc(C)c(Oc4ccn5ncnc5c4)cc3F)c12. The number of methoxy groups -OCH3 is 1. The lowest BCUT2D eigenvalue weighted by Crippen LogP contribution is -2.23. The second kappa shape index (κ2) is 9.43. The van der Waals surface area contributed by atoms with E-state index in [4.69, 9.17) is 14.2 Å². The highest BCUT2D eigenvalue weighted by atomic mass is 19.1. The van der Waals surface area contributed by atoms with Gasteiger partial charge in [0.25, 0.3) is 0 Å². The molecule has 0 saturated carbocycles. The number of hydrogen-bond acceptors (Lipinski definition) is 8. The van der Waals surface area contributed by atoms with E-state index in [1.807, 2.05) is 25.3 Å². The number of ether oxygens (including phenoxy) is 3. The molecule has 2 aromatic carbocycles. The van der Waals surface area contributed by atoms with Gasteiger partial charge in [0.05, 0.1) is 23.7 Å². The maximum absolute atomic E-state index is 15.3. The molecule has 11 heteroatoms. The van der Waals surface area contributed by atoms with Crippen LogP contribution in [0.4, 0.5) is 21.6 Å². The van der Waals surface area contributed by atoms with Crippen molar-refractivity contribution < 1.29 is 23.2 Å². The van der Waals surface area contributed by atoms with E-state index < -0.39 is 5.82 Å². The molecule has 0 atom stereocenters. The third-order valence-electron chi connectivity index (χ3n) is 6.14. The molecular weight excluding hydrogens is 477 g/mol. The fourth-order valence-corrected chi connectivity index (χ4v) is 4.32. The van der Waals surface area contributed by atoms with Crippen LogP contribution in [-0.2, 0) is 4.74 Å². The smallest absolute Gasteiger partial charge is 0.248 e. The first-order valence-corrected chi connectivity index (χ1v) is 11.6. The zero-order valence-electron chi connectivity index (χ0n) is 20.2. The number of aryl methyl sites for hydroxylation is 1. The first-order chi connectivity index (χ1) is 18.1. The van der Waals surface area contributed by atoms with Crippen LogP contribution in [0.25, 0.3) is 16.6 Å². The van der Waals surface area contributed by atoms with Gasteiger partial charge in [-0.15, -0.1) is 0 Å². The number of fused-ring (bicyclic) bond motifs is 2. The Morgan fingerprint density at radius 3 is 2.86 bits per heavy atom. The second-order valence-electron chi connectivity index (χ2n) is 8.44. The molecule has 1 aliphatic rings. The highest BCUT2D eigenvalue weighted by molar-refractivity contribution is 5.98. The topological polar surface area (TPSA) is 98.7 Å². The Bertz CT molecular complexity index is 1670. The van der Waals surface area contributed by atoms with E-state index in [2.05, 4.69) is 29.9 Å². The van der Waals surface area contributed by atoms with E-state index in [9.17, 15) is 0 Å². The third-order valence-corrected chi connectivity index (χ3v) is 6.14. The van der Waals surface area contributed by atoms with Crippen molar-refractivity contribution in [3.63, 3.8) is 0 Å². The summed E-state index contributed by atoms with van der Waals surface area (Å²) < 4.78 is 36.2. The largest absolute Gasteiger partial charge is 0.490 e. The van der Waals surface area contributed by atoms with Crippen LogP contribution in [0.1, 0.15) is 5.56 Å². The molecule has 10 nitrogen and oxygen atoms in total. The van der Waals surface area contributed by atoms with Gasteiger partial charge in [-0.1, -0.05) is 0 Å². The van der Waals surface area contributed by atoms with Gasteiger partial charge < -0.3 is 19.5 Å². The van der Waals surface area contributed by atoms with Gasteiger partial charge in [0.15, 0.2) is 18.4 Å². The maximum atomic E-state index is 15.3. The Labute approximate surface area is 211 Å². The fraction of sp³-hybridized carbons (Fsp3) is 0.192. The summed E-state index contributed by atoms with van der Waals surface area (Å²) >= 11 is 0. The van der Waals surface area contributed by atoms with E-state index in [0.29, 0.717) is 59.4 Å². The number of nitrogens with one attached hydrogen (secondary N) is 1. The van der Waals surface area contributed by atoms with E-state index in [1.165, 1.54) is 18.7 Å². The van der Waals surface area contributed by atoms with Crippen molar-refractivity contribution in [2.24, 2.45) is 0 Å². The zero-order chi connectivity index (χ0) is 25.4. The lowest BCUT2D eigenvalue weighted by atomic mass is 10.1. The van der Waals surface area contributed by atoms with Crippen molar-refractivity contribution >= 4 is 40.0 Å². The summed E-state index contributed by atoms with van der Waals surface area (Å²) in [6, 6.07) is 10.4. The molecule has 0 radical (unpaired) electrons. The summed E-state index contributed by atoms with van der Waals surface area (Å²) in [4.78, 5) is 13.0. The molecular formula is C26H23FN7O3+. The van der Waals surface area contributed by atoms with E-state index >= 15 is 4.39 Å². The quantitative estimate of drug-likeness (QED) is 0.343. The minimum absolute atomic E-state index is 0.253. The summed E-state index contributed by atoms with van der Waals surface area (Å²) in [6.07, 6.45) is 6.59. The number of benzene rings is 2. The van der Waals surface area contributed by atoms with E-state index in [0.717, 1.165) is 11.3 Å². The van der Waals surface area contributed by atoms with Gasteiger partial charge in [-0.25, -0.2) is 23.9 Å². The first kappa shape index (κ1) is 22.8. The Morgan fingerprint density at radius 2 is 2.03 bits per heavy atom. The third kappa shape index (κ3) is 4.29. The van der Waals surface area contributed by atoms with Gasteiger partial charge in [-0.2, -0.15) is 9.67 Å². The molecule has 0 bridgehead atoms. The van der Waals surface area contributed by atoms with Crippen molar-refractivity contribution in [3.8, 4) is 17.2 Å². The Balaban J connectivity index is 1.35. The minimum Gasteiger partial charge on any atom is -0.490 e. The Hall–Kier alpha value is -4.64.